The zero-order chi connectivity index (χ0) is 18.5. The summed E-state index contributed by atoms with van der Waals surface area (Å²) in [7, 11) is 0. The topological polar surface area (TPSA) is 46.9 Å². The molecule has 0 fully saturated rings. The molecular weight excluding hydrogens is 329 g/mol. The smallest absolute Gasteiger partial charge is 0.228 e. The van der Waals surface area contributed by atoms with E-state index in [9.17, 15) is 9.18 Å². The first-order valence-corrected chi connectivity index (χ1v) is 8.66. The van der Waals surface area contributed by atoms with Crippen molar-refractivity contribution in [2.24, 2.45) is 0 Å². The Bertz CT molecular complexity index is 902. The van der Waals surface area contributed by atoms with Gasteiger partial charge in [-0.05, 0) is 29.3 Å². The molecule has 4 nitrogen and oxygen atoms in total. The molecule has 0 bridgehead atoms. The van der Waals surface area contributed by atoms with E-state index in [-0.39, 0.29) is 18.1 Å². The number of carbonyl (C=O) groups excluding carboxylic acids is 1. The number of anilines is 1. The molecule has 1 heterocycles. The highest BCUT2D eigenvalue weighted by atomic mass is 19.1. The Hall–Kier alpha value is -2.95. The molecule has 2 aromatic carbocycles. The highest BCUT2D eigenvalue weighted by Gasteiger charge is 2.10. The number of aromatic nitrogens is 2. The molecule has 0 saturated heterocycles. The van der Waals surface area contributed by atoms with Crippen LogP contribution in [0.1, 0.15) is 36.7 Å². The van der Waals surface area contributed by atoms with Crippen LogP contribution in [0.15, 0.2) is 60.9 Å². The summed E-state index contributed by atoms with van der Waals surface area (Å²) in [5.74, 6) is 0.767. The van der Waals surface area contributed by atoms with E-state index in [0.717, 1.165) is 11.4 Å². The standard InChI is InChI=1S/C21H22FN3O/c1-15(2)21-23-10-11-25(21)14-16-6-5-8-18(12-16)24-20(26)13-17-7-3-4-9-19(17)22/h3-12,15H,13-14H2,1-2H3,(H,24,26). The number of hydrogen-bond donors (Lipinski definition) is 1. The molecule has 26 heavy (non-hydrogen) atoms. The first-order valence-electron chi connectivity index (χ1n) is 8.66. The molecule has 0 spiro atoms. The van der Waals surface area contributed by atoms with Gasteiger partial charge < -0.3 is 9.88 Å². The summed E-state index contributed by atoms with van der Waals surface area (Å²) in [6, 6.07) is 14.0. The van der Waals surface area contributed by atoms with E-state index in [1.54, 1.807) is 24.4 Å². The van der Waals surface area contributed by atoms with Gasteiger partial charge in [0.05, 0.1) is 6.42 Å². The molecule has 0 saturated carbocycles. The maximum absolute atomic E-state index is 13.7. The SMILES string of the molecule is CC(C)c1nccn1Cc1cccc(NC(=O)Cc2ccccc2F)c1. The molecule has 0 aliphatic carbocycles. The van der Waals surface area contributed by atoms with Crippen molar-refractivity contribution in [2.45, 2.75) is 32.7 Å². The number of amides is 1. The van der Waals surface area contributed by atoms with Gasteiger partial charge in [0.15, 0.2) is 0 Å². The molecule has 3 rings (SSSR count). The Morgan fingerprint density at radius 1 is 1.19 bits per heavy atom. The Balaban J connectivity index is 1.68. The second kappa shape index (κ2) is 7.95. The largest absolute Gasteiger partial charge is 0.330 e. The lowest BCUT2D eigenvalue weighted by molar-refractivity contribution is -0.115. The molecule has 0 unspecified atom stereocenters. The van der Waals surface area contributed by atoms with Gasteiger partial charge in [0.1, 0.15) is 11.6 Å². The number of carbonyl (C=O) groups is 1. The highest BCUT2D eigenvalue weighted by molar-refractivity contribution is 5.92. The van der Waals surface area contributed by atoms with Crippen LogP contribution in [-0.4, -0.2) is 15.5 Å². The van der Waals surface area contributed by atoms with E-state index in [2.05, 4.69) is 28.7 Å². The molecule has 1 amide bonds. The minimum Gasteiger partial charge on any atom is -0.330 e. The van der Waals surface area contributed by atoms with Gasteiger partial charge in [-0.2, -0.15) is 0 Å². The van der Waals surface area contributed by atoms with E-state index in [0.29, 0.717) is 23.7 Å². The molecule has 3 aromatic rings. The molecule has 0 aliphatic rings. The fourth-order valence-electron chi connectivity index (χ4n) is 2.92. The summed E-state index contributed by atoms with van der Waals surface area (Å²) in [6.07, 6.45) is 3.77. The molecular formula is C21H22FN3O. The van der Waals surface area contributed by atoms with Gasteiger partial charge >= 0.3 is 0 Å². The van der Waals surface area contributed by atoms with Crippen molar-refractivity contribution in [2.75, 3.05) is 5.32 Å². The zero-order valence-electron chi connectivity index (χ0n) is 14.9. The van der Waals surface area contributed by atoms with Crippen molar-refractivity contribution in [3.05, 3.63) is 83.7 Å². The Kier molecular flexibility index (Phi) is 5.46. The fraction of sp³-hybridized carbons (Fsp3) is 0.238. The van der Waals surface area contributed by atoms with Gasteiger partial charge in [0, 0.05) is 30.5 Å². The van der Waals surface area contributed by atoms with Gasteiger partial charge in [0.2, 0.25) is 5.91 Å². The minimum absolute atomic E-state index is 0.00984. The number of nitrogens with one attached hydrogen (secondary N) is 1. The summed E-state index contributed by atoms with van der Waals surface area (Å²) in [4.78, 5) is 16.6. The number of imidazole rings is 1. The van der Waals surface area contributed by atoms with Crippen molar-refractivity contribution >= 4 is 11.6 Å². The van der Waals surface area contributed by atoms with Crippen LogP contribution in [-0.2, 0) is 17.8 Å². The third kappa shape index (κ3) is 4.36. The summed E-state index contributed by atoms with van der Waals surface area (Å²) in [6.45, 7) is 4.90. The summed E-state index contributed by atoms with van der Waals surface area (Å²) in [5, 5.41) is 2.84. The third-order valence-corrected chi connectivity index (χ3v) is 4.14. The minimum atomic E-state index is -0.363. The van der Waals surface area contributed by atoms with Crippen LogP contribution in [0.25, 0.3) is 0 Å². The lowest BCUT2D eigenvalue weighted by Crippen LogP contribution is -2.15. The van der Waals surface area contributed by atoms with Crippen LogP contribution in [0.4, 0.5) is 10.1 Å². The molecule has 5 heteroatoms. The van der Waals surface area contributed by atoms with Gasteiger partial charge in [-0.15, -0.1) is 0 Å². The van der Waals surface area contributed by atoms with Crippen molar-refractivity contribution in [1.29, 1.82) is 0 Å². The number of rotatable bonds is 6. The summed E-state index contributed by atoms with van der Waals surface area (Å²) >= 11 is 0. The Morgan fingerprint density at radius 2 is 2.00 bits per heavy atom. The van der Waals surface area contributed by atoms with Crippen LogP contribution in [0.3, 0.4) is 0 Å². The summed E-state index contributed by atoms with van der Waals surface area (Å²) in [5.41, 5.74) is 2.16. The van der Waals surface area contributed by atoms with E-state index in [1.807, 2.05) is 30.5 Å². The van der Waals surface area contributed by atoms with Gasteiger partial charge in [-0.25, -0.2) is 9.37 Å². The predicted molar refractivity (Wildman–Crippen MR) is 101 cm³/mol. The Morgan fingerprint density at radius 3 is 2.77 bits per heavy atom. The molecule has 0 atom stereocenters. The van der Waals surface area contributed by atoms with Crippen molar-refractivity contribution in [1.82, 2.24) is 9.55 Å². The third-order valence-electron chi connectivity index (χ3n) is 4.14. The monoisotopic (exact) mass is 351 g/mol. The van der Waals surface area contributed by atoms with Gasteiger partial charge in [0.25, 0.3) is 0 Å². The van der Waals surface area contributed by atoms with Crippen LogP contribution in [0.5, 0.6) is 0 Å². The number of benzene rings is 2. The number of hydrogen-bond acceptors (Lipinski definition) is 2. The lowest BCUT2D eigenvalue weighted by Gasteiger charge is -2.12. The summed E-state index contributed by atoms with van der Waals surface area (Å²) < 4.78 is 15.8. The second-order valence-corrected chi connectivity index (χ2v) is 6.58. The van der Waals surface area contributed by atoms with Crippen LogP contribution >= 0.6 is 0 Å². The molecule has 0 radical (unpaired) electrons. The normalized spacial score (nSPS) is 10.9. The van der Waals surface area contributed by atoms with Crippen molar-refractivity contribution in [3.63, 3.8) is 0 Å². The predicted octanol–water partition coefficient (Wildman–Crippen LogP) is 4.38. The highest BCUT2D eigenvalue weighted by Crippen LogP contribution is 2.17. The first kappa shape index (κ1) is 17.9. The zero-order valence-corrected chi connectivity index (χ0v) is 14.9. The lowest BCUT2D eigenvalue weighted by atomic mass is 10.1. The van der Waals surface area contributed by atoms with Crippen molar-refractivity contribution in [3.8, 4) is 0 Å². The molecule has 1 aromatic heterocycles. The molecule has 1 N–H and O–H groups in total. The Labute approximate surface area is 152 Å². The van der Waals surface area contributed by atoms with E-state index in [1.165, 1.54) is 6.07 Å². The first-order chi connectivity index (χ1) is 12.5. The maximum Gasteiger partial charge on any atom is 0.228 e. The van der Waals surface area contributed by atoms with Crippen LogP contribution in [0, 0.1) is 5.82 Å². The van der Waals surface area contributed by atoms with Crippen LogP contribution in [0.2, 0.25) is 0 Å². The molecule has 134 valence electrons. The maximum atomic E-state index is 13.7. The van der Waals surface area contributed by atoms with E-state index in [4.69, 9.17) is 0 Å². The second-order valence-electron chi connectivity index (χ2n) is 6.58. The number of nitrogens with zero attached hydrogens (tertiary/aromatic N) is 2. The van der Waals surface area contributed by atoms with Gasteiger partial charge in [-0.1, -0.05) is 44.2 Å². The fourth-order valence-corrected chi connectivity index (χ4v) is 2.92. The van der Waals surface area contributed by atoms with Crippen molar-refractivity contribution < 1.29 is 9.18 Å². The van der Waals surface area contributed by atoms with E-state index >= 15 is 0 Å². The molecule has 0 aliphatic heterocycles. The number of halogens is 1. The average molecular weight is 351 g/mol. The van der Waals surface area contributed by atoms with Crippen LogP contribution < -0.4 is 5.32 Å². The quantitative estimate of drug-likeness (QED) is 0.717. The van der Waals surface area contributed by atoms with Gasteiger partial charge in [-0.3, -0.25) is 4.79 Å². The average Bonchev–Trinajstić information content (AvgIpc) is 3.05. The van der Waals surface area contributed by atoms with E-state index < -0.39 is 0 Å².